The third kappa shape index (κ3) is 2.76. The van der Waals surface area contributed by atoms with Crippen LogP contribution in [0.2, 0.25) is 0 Å². The predicted octanol–water partition coefficient (Wildman–Crippen LogP) is 1.55. The molecule has 0 aliphatic heterocycles. The summed E-state index contributed by atoms with van der Waals surface area (Å²) in [7, 11) is 1.99. The number of rotatable bonds is 6. The minimum absolute atomic E-state index is 0.0543. The van der Waals surface area contributed by atoms with E-state index in [0.717, 1.165) is 24.2 Å². The molecule has 0 spiro atoms. The Hall–Kier alpha value is -1.65. The molecule has 0 amide bonds. The summed E-state index contributed by atoms with van der Waals surface area (Å²) in [5.74, 6) is 1.02. The van der Waals surface area contributed by atoms with Gasteiger partial charge in [0.1, 0.15) is 5.82 Å². The van der Waals surface area contributed by atoms with Crippen LogP contribution in [-0.4, -0.2) is 27.8 Å². The predicted molar refractivity (Wildman–Crippen MR) is 80.5 cm³/mol. The van der Waals surface area contributed by atoms with Crippen molar-refractivity contribution in [2.45, 2.75) is 25.2 Å². The molecule has 1 unspecified atom stereocenters. The van der Waals surface area contributed by atoms with E-state index in [2.05, 4.69) is 24.0 Å². The molecule has 0 aliphatic carbocycles. The zero-order valence-corrected chi connectivity index (χ0v) is 12.2. The highest BCUT2D eigenvalue weighted by molar-refractivity contribution is 5.34. The fourth-order valence-corrected chi connectivity index (χ4v) is 2.73. The van der Waals surface area contributed by atoms with Crippen molar-refractivity contribution >= 4 is 0 Å². The van der Waals surface area contributed by atoms with E-state index >= 15 is 0 Å². The average molecular weight is 273 g/mol. The van der Waals surface area contributed by atoms with Crippen molar-refractivity contribution in [2.75, 3.05) is 13.2 Å². The van der Waals surface area contributed by atoms with E-state index in [1.165, 1.54) is 5.56 Å². The molecule has 0 aliphatic rings. The van der Waals surface area contributed by atoms with Gasteiger partial charge in [0.15, 0.2) is 0 Å². The third-order valence-corrected chi connectivity index (χ3v) is 4.16. The number of hydrogen-bond donors (Lipinski definition) is 2. The Morgan fingerprint density at radius 2 is 2.10 bits per heavy atom. The van der Waals surface area contributed by atoms with Gasteiger partial charge in [0.05, 0.1) is 6.61 Å². The number of imidazole rings is 1. The van der Waals surface area contributed by atoms with Gasteiger partial charge in [0, 0.05) is 37.8 Å². The van der Waals surface area contributed by atoms with Crippen LogP contribution in [0.15, 0.2) is 36.7 Å². The van der Waals surface area contributed by atoms with Gasteiger partial charge >= 0.3 is 0 Å². The van der Waals surface area contributed by atoms with Gasteiger partial charge in [0.2, 0.25) is 0 Å². The van der Waals surface area contributed by atoms with Gasteiger partial charge in [-0.05, 0) is 24.5 Å². The molecule has 1 heterocycles. The van der Waals surface area contributed by atoms with Crippen LogP contribution in [0.1, 0.15) is 23.4 Å². The molecule has 0 saturated heterocycles. The van der Waals surface area contributed by atoms with E-state index in [-0.39, 0.29) is 6.61 Å². The van der Waals surface area contributed by atoms with Crippen LogP contribution in [0.5, 0.6) is 0 Å². The molecule has 4 nitrogen and oxygen atoms in total. The van der Waals surface area contributed by atoms with Crippen molar-refractivity contribution in [3.05, 3.63) is 53.6 Å². The quantitative estimate of drug-likeness (QED) is 0.839. The number of aliphatic hydroxyl groups is 1. The van der Waals surface area contributed by atoms with Crippen LogP contribution in [0.25, 0.3) is 0 Å². The normalized spacial score (nSPS) is 14.2. The van der Waals surface area contributed by atoms with Crippen LogP contribution in [0.3, 0.4) is 0 Å². The highest BCUT2D eigenvalue weighted by Crippen LogP contribution is 2.30. The minimum Gasteiger partial charge on any atom is -0.395 e. The summed E-state index contributed by atoms with van der Waals surface area (Å²) in [6.45, 7) is 2.55. The first-order valence-electron chi connectivity index (χ1n) is 6.96. The lowest BCUT2D eigenvalue weighted by atomic mass is 9.75. The number of nitrogens with zero attached hydrogens (tertiary/aromatic N) is 2. The molecule has 108 valence electrons. The van der Waals surface area contributed by atoms with Gasteiger partial charge < -0.3 is 15.4 Å². The summed E-state index contributed by atoms with van der Waals surface area (Å²) in [4.78, 5) is 4.34. The van der Waals surface area contributed by atoms with E-state index in [9.17, 15) is 5.11 Å². The lowest BCUT2D eigenvalue weighted by Gasteiger charge is -2.32. The van der Waals surface area contributed by atoms with E-state index in [1.54, 1.807) is 6.20 Å². The van der Waals surface area contributed by atoms with Crippen molar-refractivity contribution in [1.82, 2.24) is 9.55 Å². The third-order valence-electron chi connectivity index (χ3n) is 4.16. The standard InChI is InChI=1S/C16H23N3O/c1-13-5-3-4-6-14(13)16(11-17,12-20)8-7-15-18-9-10-19(15)2/h3-6,9-10,20H,7-8,11-12,17H2,1-2H3. The highest BCUT2D eigenvalue weighted by atomic mass is 16.3. The number of nitrogens with two attached hydrogens (primary N) is 1. The second-order valence-corrected chi connectivity index (χ2v) is 5.41. The van der Waals surface area contributed by atoms with Gasteiger partial charge in [-0.2, -0.15) is 0 Å². The molecule has 1 aromatic carbocycles. The van der Waals surface area contributed by atoms with E-state index in [1.807, 2.05) is 29.9 Å². The number of hydrogen-bond acceptors (Lipinski definition) is 3. The van der Waals surface area contributed by atoms with Crippen LogP contribution in [-0.2, 0) is 18.9 Å². The average Bonchev–Trinajstić information content (AvgIpc) is 2.87. The fraction of sp³-hybridized carbons (Fsp3) is 0.438. The van der Waals surface area contributed by atoms with Crippen molar-refractivity contribution in [3.8, 4) is 0 Å². The van der Waals surface area contributed by atoms with Gasteiger partial charge in [0.25, 0.3) is 0 Å². The van der Waals surface area contributed by atoms with Gasteiger partial charge in [-0.15, -0.1) is 0 Å². The van der Waals surface area contributed by atoms with Crippen LogP contribution >= 0.6 is 0 Å². The van der Waals surface area contributed by atoms with E-state index in [0.29, 0.717) is 6.54 Å². The lowest BCUT2D eigenvalue weighted by molar-refractivity contribution is 0.187. The zero-order valence-electron chi connectivity index (χ0n) is 12.2. The first-order chi connectivity index (χ1) is 9.63. The summed E-state index contributed by atoms with van der Waals surface area (Å²) < 4.78 is 2.01. The zero-order chi connectivity index (χ0) is 14.6. The molecular weight excluding hydrogens is 250 g/mol. The summed E-state index contributed by atoms with van der Waals surface area (Å²) in [5, 5.41) is 9.95. The highest BCUT2D eigenvalue weighted by Gasteiger charge is 2.31. The van der Waals surface area contributed by atoms with Gasteiger partial charge in [-0.1, -0.05) is 24.3 Å². The van der Waals surface area contributed by atoms with Gasteiger partial charge in [-0.25, -0.2) is 4.98 Å². The summed E-state index contributed by atoms with van der Waals surface area (Å²) in [5.41, 5.74) is 7.93. The Labute approximate surface area is 120 Å². The summed E-state index contributed by atoms with van der Waals surface area (Å²) >= 11 is 0. The maximum Gasteiger partial charge on any atom is 0.108 e. The Balaban J connectivity index is 2.26. The molecule has 1 aromatic heterocycles. The lowest BCUT2D eigenvalue weighted by Crippen LogP contribution is -2.40. The SMILES string of the molecule is Cc1ccccc1C(CN)(CO)CCc1nccn1C. The van der Waals surface area contributed by atoms with E-state index in [4.69, 9.17) is 5.73 Å². The summed E-state index contributed by atoms with van der Waals surface area (Å²) in [6, 6.07) is 8.15. The Kier molecular flexibility index (Phi) is 4.57. The second-order valence-electron chi connectivity index (χ2n) is 5.41. The summed E-state index contributed by atoms with van der Waals surface area (Å²) in [6.07, 6.45) is 5.32. The molecule has 2 rings (SSSR count). The Bertz CT molecular complexity index is 558. The molecule has 0 radical (unpaired) electrons. The molecule has 0 bridgehead atoms. The van der Waals surface area contributed by atoms with Crippen LogP contribution < -0.4 is 5.73 Å². The van der Waals surface area contributed by atoms with Gasteiger partial charge in [-0.3, -0.25) is 0 Å². The monoisotopic (exact) mass is 273 g/mol. The molecule has 3 N–H and O–H groups in total. The Morgan fingerprint density at radius 3 is 2.65 bits per heavy atom. The van der Waals surface area contributed by atoms with Crippen LogP contribution in [0.4, 0.5) is 0 Å². The molecule has 2 aromatic rings. The molecule has 1 atom stereocenters. The first-order valence-corrected chi connectivity index (χ1v) is 6.96. The Morgan fingerprint density at radius 1 is 1.35 bits per heavy atom. The second kappa shape index (κ2) is 6.20. The van der Waals surface area contributed by atoms with Crippen molar-refractivity contribution in [2.24, 2.45) is 12.8 Å². The molecular formula is C16H23N3O. The molecule has 0 saturated carbocycles. The first kappa shape index (κ1) is 14.8. The fourth-order valence-electron chi connectivity index (χ4n) is 2.73. The van der Waals surface area contributed by atoms with Crippen molar-refractivity contribution in [1.29, 1.82) is 0 Å². The number of benzene rings is 1. The number of aryl methyl sites for hydroxylation is 3. The number of aliphatic hydroxyl groups excluding tert-OH is 1. The molecule has 4 heteroatoms. The number of aromatic nitrogens is 2. The largest absolute Gasteiger partial charge is 0.395 e. The van der Waals surface area contributed by atoms with Crippen molar-refractivity contribution in [3.63, 3.8) is 0 Å². The smallest absolute Gasteiger partial charge is 0.108 e. The van der Waals surface area contributed by atoms with Crippen molar-refractivity contribution < 1.29 is 5.11 Å². The maximum atomic E-state index is 9.95. The van der Waals surface area contributed by atoms with Crippen LogP contribution in [0, 0.1) is 6.92 Å². The minimum atomic E-state index is -0.392. The topological polar surface area (TPSA) is 64.1 Å². The molecule has 0 fully saturated rings. The van der Waals surface area contributed by atoms with E-state index < -0.39 is 5.41 Å². The molecule has 20 heavy (non-hydrogen) atoms. The maximum absolute atomic E-state index is 9.95.